The number of rotatable bonds is 11. The van der Waals surface area contributed by atoms with Gasteiger partial charge in [0.15, 0.2) is 0 Å². The molecule has 48 heavy (non-hydrogen) atoms. The number of piperazine rings is 1. The first-order valence-corrected chi connectivity index (χ1v) is 17.9. The fourth-order valence-electron chi connectivity index (χ4n) is 9.14. The van der Waals surface area contributed by atoms with Crippen molar-refractivity contribution in [3.05, 3.63) is 47.5 Å². The predicted octanol–water partition coefficient (Wildman–Crippen LogP) is 3.49. The Kier molecular flexibility index (Phi) is 10.4. The van der Waals surface area contributed by atoms with E-state index in [4.69, 9.17) is 9.57 Å². The van der Waals surface area contributed by atoms with Crippen molar-refractivity contribution in [3.8, 4) is 16.9 Å². The fourth-order valence-corrected chi connectivity index (χ4v) is 9.14. The third-order valence-corrected chi connectivity index (χ3v) is 12.1. The topological polar surface area (TPSA) is 110 Å². The van der Waals surface area contributed by atoms with Crippen LogP contribution in [0.2, 0.25) is 0 Å². The van der Waals surface area contributed by atoms with Gasteiger partial charge in [-0.05, 0) is 72.3 Å². The third kappa shape index (κ3) is 6.72. The van der Waals surface area contributed by atoms with Crippen molar-refractivity contribution in [1.82, 2.24) is 20.6 Å². The van der Waals surface area contributed by atoms with Gasteiger partial charge < -0.3 is 30.5 Å². The number of methoxy groups -OCH3 is 1. The molecule has 4 N–H and O–H groups in total. The molecule has 0 radical (unpaired) electrons. The summed E-state index contributed by atoms with van der Waals surface area (Å²) >= 11 is 0. The molecule has 2 heterocycles. The van der Waals surface area contributed by atoms with Gasteiger partial charge in [-0.25, -0.2) is 0 Å². The lowest BCUT2D eigenvalue weighted by atomic mass is 9.45. The number of aliphatic hydroxyl groups is 2. The molecule has 2 aliphatic heterocycles. The van der Waals surface area contributed by atoms with Crippen molar-refractivity contribution in [3.63, 3.8) is 0 Å². The molecule has 2 aromatic carbocycles. The number of ether oxygens (including phenoxy) is 1. The maximum atomic E-state index is 14.2. The monoisotopic (exact) mass is 663 g/mol. The first-order valence-electron chi connectivity index (χ1n) is 17.9. The summed E-state index contributed by atoms with van der Waals surface area (Å²) in [7, 11) is 5.80. The SMILES string of the molecule is COc1c(CN2O[C@@H](CO)[C@H]([C@H](C)O)[C@H]2C(=O)N[C@H]2C[C@H]3C[C@@H]([C@@H]2C)C3(C)C)cccc1-c1cc(CN2CCNCC2)cc(N(C)C)c1. The number of nitrogens with zero attached hydrogens (tertiary/aromatic N) is 3. The van der Waals surface area contributed by atoms with Crippen LogP contribution in [0.5, 0.6) is 5.75 Å². The van der Waals surface area contributed by atoms with Gasteiger partial charge >= 0.3 is 0 Å². The van der Waals surface area contributed by atoms with E-state index in [0.29, 0.717) is 28.9 Å². The van der Waals surface area contributed by atoms with Crippen LogP contribution in [-0.4, -0.2) is 104 Å². The summed E-state index contributed by atoms with van der Waals surface area (Å²) in [5.74, 6) is 1.54. The van der Waals surface area contributed by atoms with Crippen LogP contribution in [0.1, 0.15) is 51.7 Å². The highest BCUT2D eigenvalue weighted by Crippen LogP contribution is 2.61. The Morgan fingerprint density at radius 2 is 1.92 bits per heavy atom. The van der Waals surface area contributed by atoms with Crippen LogP contribution < -0.4 is 20.3 Å². The van der Waals surface area contributed by atoms with E-state index in [1.54, 1.807) is 19.1 Å². The summed E-state index contributed by atoms with van der Waals surface area (Å²) in [6.45, 7) is 13.5. The summed E-state index contributed by atoms with van der Waals surface area (Å²) < 4.78 is 6.11. The van der Waals surface area contributed by atoms with E-state index in [-0.39, 0.29) is 25.1 Å². The first-order chi connectivity index (χ1) is 22.9. The number of benzene rings is 2. The fraction of sp³-hybridized carbons (Fsp3) is 0.658. The quantitative estimate of drug-likeness (QED) is 0.287. The van der Waals surface area contributed by atoms with E-state index >= 15 is 0 Å². The average molecular weight is 664 g/mol. The molecular formula is C38H57N5O5. The van der Waals surface area contributed by atoms with E-state index in [1.807, 2.05) is 12.1 Å². The molecule has 0 aromatic heterocycles. The van der Waals surface area contributed by atoms with Crippen LogP contribution in [0.3, 0.4) is 0 Å². The van der Waals surface area contributed by atoms with Crippen LogP contribution in [-0.2, 0) is 22.7 Å². The maximum absolute atomic E-state index is 14.2. The lowest BCUT2D eigenvalue weighted by molar-refractivity contribution is -0.183. The summed E-state index contributed by atoms with van der Waals surface area (Å²) in [6.07, 6.45) is 0.642. The molecule has 8 atom stereocenters. The maximum Gasteiger partial charge on any atom is 0.240 e. The summed E-state index contributed by atoms with van der Waals surface area (Å²) in [6, 6.07) is 12.1. The zero-order valence-electron chi connectivity index (χ0n) is 29.9. The van der Waals surface area contributed by atoms with Gasteiger partial charge in [0.05, 0.1) is 26.4 Å². The van der Waals surface area contributed by atoms with Crippen molar-refractivity contribution < 1.29 is 24.6 Å². The minimum atomic E-state index is -0.852. The van der Waals surface area contributed by atoms with Gasteiger partial charge in [0, 0.05) is 75.6 Å². The normalized spacial score (nSPS) is 30.8. The van der Waals surface area contributed by atoms with Crippen LogP contribution in [0.25, 0.3) is 11.1 Å². The second-order valence-corrected chi connectivity index (χ2v) is 15.5. The Morgan fingerprint density at radius 3 is 2.54 bits per heavy atom. The number of aliphatic hydroxyl groups excluding tert-OH is 2. The molecule has 2 saturated heterocycles. The molecule has 2 bridgehead atoms. The van der Waals surface area contributed by atoms with Gasteiger partial charge in [-0.1, -0.05) is 39.0 Å². The number of nitrogens with one attached hydrogen (secondary N) is 2. The molecule has 0 unspecified atom stereocenters. The second kappa shape index (κ2) is 14.2. The molecule has 0 spiro atoms. The smallest absolute Gasteiger partial charge is 0.240 e. The van der Waals surface area contributed by atoms with Crippen LogP contribution in [0, 0.1) is 29.1 Å². The van der Waals surface area contributed by atoms with Crippen molar-refractivity contribution in [2.24, 2.45) is 29.1 Å². The Morgan fingerprint density at radius 1 is 1.17 bits per heavy atom. The van der Waals surface area contributed by atoms with Crippen LogP contribution in [0.15, 0.2) is 36.4 Å². The van der Waals surface area contributed by atoms with E-state index in [2.05, 4.69) is 79.6 Å². The molecule has 7 rings (SSSR count). The standard InChI is InChI=1S/C38H57N5O5/c1-23-31-18-28(38(31,3)4)19-32(23)40-37(46)35-34(24(2)45)33(22-44)48-43(35)21-26-9-8-10-30(36(26)47-7)27-15-25(16-29(17-27)41(5)6)20-42-13-11-39-12-14-42/h8-10,15-17,23-24,28,31-35,39,44-45H,11-14,18-22H2,1-7H3,(H,40,46)/t23-,24-,28+,31-,32-,33-,34-,35-/m0/s1. The van der Waals surface area contributed by atoms with E-state index in [1.165, 1.54) is 12.0 Å². The molecule has 10 nitrogen and oxygen atoms in total. The van der Waals surface area contributed by atoms with Crippen LogP contribution >= 0.6 is 0 Å². The summed E-state index contributed by atoms with van der Waals surface area (Å²) in [5.41, 5.74) is 5.56. The van der Waals surface area contributed by atoms with Gasteiger partial charge in [0.1, 0.15) is 17.9 Å². The highest BCUT2D eigenvalue weighted by molar-refractivity contribution is 5.83. The molecule has 10 heteroatoms. The van der Waals surface area contributed by atoms with Crippen molar-refractivity contribution in [2.45, 2.75) is 77.9 Å². The molecule has 5 aliphatic rings. The van der Waals surface area contributed by atoms with Crippen molar-refractivity contribution >= 4 is 11.6 Å². The minimum Gasteiger partial charge on any atom is -0.496 e. The number of carbonyl (C=O) groups excluding carboxylic acids is 1. The Hall–Kier alpha value is -2.73. The van der Waals surface area contributed by atoms with Gasteiger partial charge in [-0.3, -0.25) is 14.5 Å². The Balaban J connectivity index is 1.28. The highest BCUT2D eigenvalue weighted by atomic mass is 16.7. The summed E-state index contributed by atoms with van der Waals surface area (Å²) in [4.78, 5) is 25.1. The van der Waals surface area contributed by atoms with Crippen molar-refractivity contribution in [1.29, 1.82) is 0 Å². The van der Waals surface area contributed by atoms with Crippen molar-refractivity contribution in [2.75, 3.05) is 58.9 Å². The number of carbonyl (C=O) groups is 1. The Labute approximate surface area is 286 Å². The van der Waals surface area contributed by atoms with Gasteiger partial charge in [-0.15, -0.1) is 0 Å². The van der Waals surface area contributed by atoms with Gasteiger partial charge in [-0.2, -0.15) is 5.06 Å². The molecule has 264 valence electrons. The largest absolute Gasteiger partial charge is 0.496 e. The number of hydroxylamine groups is 2. The molecule has 5 fully saturated rings. The second-order valence-electron chi connectivity index (χ2n) is 15.5. The lowest BCUT2D eigenvalue weighted by Crippen LogP contribution is -2.62. The number of anilines is 1. The molecule has 2 aromatic rings. The van der Waals surface area contributed by atoms with E-state index in [0.717, 1.165) is 61.5 Å². The number of hydrogen-bond acceptors (Lipinski definition) is 9. The Bertz CT molecular complexity index is 1440. The highest BCUT2D eigenvalue weighted by Gasteiger charge is 2.57. The first kappa shape index (κ1) is 35.1. The zero-order chi connectivity index (χ0) is 34.3. The third-order valence-electron chi connectivity index (χ3n) is 12.1. The minimum absolute atomic E-state index is 0.0798. The molecular weight excluding hydrogens is 606 g/mol. The van der Waals surface area contributed by atoms with Gasteiger partial charge in [0.2, 0.25) is 5.91 Å². The molecule has 3 aliphatic carbocycles. The van der Waals surface area contributed by atoms with Crippen LogP contribution in [0.4, 0.5) is 5.69 Å². The molecule has 1 amide bonds. The van der Waals surface area contributed by atoms with Gasteiger partial charge in [0.25, 0.3) is 0 Å². The lowest BCUT2D eigenvalue weighted by Gasteiger charge is -2.62. The summed E-state index contributed by atoms with van der Waals surface area (Å²) in [5, 5.41) is 29.7. The zero-order valence-corrected chi connectivity index (χ0v) is 29.9. The number of amides is 1. The number of para-hydroxylation sites is 1. The average Bonchev–Trinajstić information content (AvgIpc) is 3.44. The molecule has 3 saturated carbocycles. The van der Waals surface area contributed by atoms with E-state index in [9.17, 15) is 15.0 Å². The predicted molar refractivity (Wildman–Crippen MR) is 188 cm³/mol. The van der Waals surface area contributed by atoms with E-state index < -0.39 is 24.2 Å². The number of hydrogen-bond donors (Lipinski definition) is 4. The number of fused-ring (bicyclic) bond motifs is 2.